The number of hydrogen-bond acceptors (Lipinski definition) is 6. The molecule has 0 aliphatic carbocycles. The van der Waals surface area contributed by atoms with E-state index in [2.05, 4.69) is 19.6 Å². The fourth-order valence-electron chi connectivity index (χ4n) is 2.29. The zero-order valence-electron chi connectivity index (χ0n) is 11.4. The number of hydrogen-bond donors (Lipinski definition) is 0. The standard InChI is InChI=1S/C12H11F3N4O2S/c1-6-16-8(5-22-6)10(20)19-3-2-7(4-19)9-17-11(21-18-9)12(13,14)15/h5,7H,2-4H2,1H3/t7-/m1/s1. The molecule has 0 bridgehead atoms. The van der Waals surface area contributed by atoms with E-state index in [0.717, 1.165) is 5.01 Å². The number of aryl methyl sites for hydroxylation is 1. The number of rotatable bonds is 2. The maximum atomic E-state index is 12.4. The van der Waals surface area contributed by atoms with Gasteiger partial charge in [-0.3, -0.25) is 4.79 Å². The predicted molar refractivity (Wildman–Crippen MR) is 69.4 cm³/mol. The summed E-state index contributed by atoms with van der Waals surface area (Å²) in [6.45, 7) is 2.48. The van der Waals surface area contributed by atoms with Gasteiger partial charge in [0.2, 0.25) is 0 Å². The number of carbonyl (C=O) groups excluding carboxylic acids is 1. The van der Waals surface area contributed by atoms with Crippen LogP contribution in [0.15, 0.2) is 9.90 Å². The first kappa shape index (κ1) is 14.9. The third-order valence-corrected chi connectivity index (χ3v) is 4.14. The molecule has 1 saturated heterocycles. The number of thiazole rings is 1. The van der Waals surface area contributed by atoms with Gasteiger partial charge in [0.05, 0.1) is 5.01 Å². The van der Waals surface area contributed by atoms with Crippen LogP contribution in [-0.4, -0.2) is 39.0 Å². The highest BCUT2D eigenvalue weighted by atomic mass is 32.1. The Morgan fingerprint density at radius 1 is 1.45 bits per heavy atom. The first-order valence-electron chi connectivity index (χ1n) is 6.47. The molecule has 1 atom stereocenters. The normalized spacial score (nSPS) is 18.9. The summed E-state index contributed by atoms with van der Waals surface area (Å²) in [7, 11) is 0. The monoisotopic (exact) mass is 332 g/mol. The fraction of sp³-hybridized carbons (Fsp3) is 0.500. The molecule has 6 nitrogen and oxygen atoms in total. The molecule has 10 heteroatoms. The van der Waals surface area contributed by atoms with Crippen molar-refractivity contribution in [2.45, 2.75) is 25.4 Å². The molecular formula is C12H11F3N4O2S. The van der Waals surface area contributed by atoms with E-state index in [9.17, 15) is 18.0 Å². The topological polar surface area (TPSA) is 72.1 Å². The summed E-state index contributed by atoms with van der Waals surface area (Å²) < 4.78 is 41.6. The van der Waals surface area contributed by atoms with Crippen LogP contribution in [0, 0.1) is 6.92 Å². The molecule has 2 aromatic rings. The van der Waals surface area contributed by atoms with E-state index in [4.69, 9.17) is 0 Å². The second-order valence-electron chi connectivity index (χ2n) is 4.94. The Morgan fingerprint density at radius 2 is 2.23 bits per heavy atom. The number of amides is 1. The SMILES string of the molecule is Cc1nc(C(=O)N2CC[C@@H](c3noc(C(F)(F)F)n3)C2)cs1. The van der Waals surface area contributed by atoms with Crippen molar-refractivity contribution in [2.24, 2.45) is 0 Å². The van der Waals surface area contributed by atoms with Crippen LogP contribution >= 0.6 is 11.3 Å². The molecule has 1 amide bonds. The van der Waals surface area contributed by atoms with Gasteiger partial charge in [0.1, 0.15) is 5.69 Å². The quantitative estimate of drug-likeness (QED) is 0.845. The van der Waals surface area contributed by atoms with Crippen LogP contribution in [0.2, 0.25) is 0 Å². The summed E-state index contributed by atoms with van der Waals surface area (Å²) >= 11 is 1.37. The van der Waals surface area contributed by atoms with E-state index in [1.165, 1.54) is 11.3 Å². The molecule has 22 heavy (non-hydrogen) atoms. The largest absolute Gasteiger partial charge is 0.471 e. The number of halogens is 3. The van der Waals surface area contributed by atoms with Gasteiger partial charge in [0.15, 0.2) is 5.82 Å². The Hall–Kier alpha value is -1.97. The molecule has 0 N–H and O–H groups in total. The van der Waals surface area contributed by atoms with Crippen molar-refractivity contribution < 1.29 is 22.5 Å². The molecule has 2 aromatic heterocycles. The lowest BCUT2D eigenvalue weighted by atomic mass is 10.1. The van der Waals surface area contributed by atoms with Crippen molar-refractivity contribution in [1.82, 2.24) is 20.0 Å². The van der Waals surface area contributed by atoms with E-state index in [-0.39, 0.29) is 24.2 Å². The summed E-state index contributed by atoms with van der Waals surface area (Å²) in [6, 6.07) is 0. The second-order valence-corrected chi connectivity index (χ2v) is 6.01. The van der Waals surface area contributed by atoms with Crippen LogP contribution in [0.4, 0.5) is 13.2 Å². The number of carbonyl (C=O) groups is 1. The lowest BCUT2D eigenvalue weighted by Gasteiger charge is -2.14. The van der Waals surface area contributed by atoms with Gasteiger partial charge < -0.3 is 9.42 Å². The van der Waals surface area contributed by atoms with Gasteiger partial charge in [-0.1, -0.05) is 5.16 Å². The molecule has 0 unspecified atom stereocenters. The minimum Gasteiger partial charge on any atom is -0.337 e. The Kier molecular flexibility index (Phi) is 3.63. The molecule has 1 fully saturated rings. The molecule has 0 radical (unpaired) electrons. The molecule has 1 aliphatic rings. The van der Waals surface area contributed by atoms with Gasteiger partial charge in [0.25, 0.3) is 5.91 Å². The molecule has 0 saturated carbocycles. The molecular weight excluding hydrogens is 321 g/mol. The maximum absolute atomic E-state index is 12.4. The molecule has 118 valence electrons. The highest BCUT2D eigenvalue weighted by molar-refractivity contribution is 7.09. The zero-order valence-corrected chi connectivity index (χ0v) is 12.2. The average Bonchev–Trinajstić information content (AvgIpc) is 3.16. The number of alkyl halides is 3. The van der Waals surface area contributed by atoms with Crippen molar-refractivity contribution in [1.29, 1.82) is 0 Å². The summed E-state index contributed by atoms with van der Waals surface area (Å²) in [5.74, 6) is -1.96. The van der Waals surface area contributed by atoms with E-state index in [1.54, 1.807) is 17.2 Å². The van der Waals surface area contributed by atoms with E-state index in [1.807, 2.05) is 0 Å². The average molecular weight is 332 g/mol. The number of aromatic nitrogens is 3. The maximum Gasteiger partial charge on any atom is 0.471 e. The predicted octanol–water partition coefficient (Wildman–Crippen LogP) is 2.48. The molecule has 0 spiro atoms. The number of likely N-dealkylation sites (tertiary alicyclic amines) is 1. The lowest BCUT2D eigenvalue weighted by molar-refractivity contribution is -0.159. The number of nitrogens with zero attached hydrogens (tertiary/aromatic N) is 4. The minimum absolute atomic E-state index is 0.0166. The van der Waals surface area contributed by atoms with Crippen LogP contribution in [0.5, 0.6) is 0 Å². The molecule has 1 aliphatic heterocycles. The summed E-state index contributed by atoms with van der Waals surface area (Å²) in [5.41, 5.74) is 0.354. The minimum atomic E-state index is -4.66. The Labute approximate surface area is 127 Å². The van der Waals surface area contributed by atoms with Crippen LogP contribution < -0.4 is 0 Å². The Morgan fingerprint density at radius 3 is 2.82 bits per heavy atom. The van der Waals surface area contributed by atoms with Crippen molar-refractivity contribution in [2.75, 3.05) is 13.1 Å². The van der Waals surface area contributed by atoms with Gasteiger partial charge >= 0.3 is 12.1 Å². The van der Waals surface area contributed by atoms with Gasteiger partial charge in [-0.25, -0.2) is 4.98 Å². The third-order valence-electron chi connectivity index (χ3n) is 3.36. The van der Waals surface area contributed by atoms with E-state index in [0.29, 0.717) is 18.7 Å². The van der Waals surface area contributed by atoms with Crippen molar-refractivity contribution >= 4 is 17.2 Å². The highest BCUT2D eigenvalue weighted by Crippen LogP contribution is 2.31. The van der Waals surface area contributed by atoms with Crippen LogP contribution in [0.1, 0.15) is 39.5 Å². The highest BCUT2D eigenvalue weighted by Gasteiger charge is 2.40. The van der Waals surface area contributed by atoms with E-state index < -0.39 is 12.1 Å². The fourth-order valence-corrected chi connectivity index (χ4v) is 2.88. The van der Waals surface area contributed by atoms with Gasteiger partial charge in [-0.15, -0.1) is 11.3 Å². The van der Waals surface area contributed by atoms with Crippen molar-refractivity contribution in [3.05, 3.63) is 27.8 Å². The Bertz CT molecular complexity index is 697. The van der Waals surface area contributed by atoms with E-state index >= 15 is 0 Å². The first-order valence-corrected chi connectivity index (χ1v) is 7.35. The zero-order chi connectivity index (χ0) is 15.9. The van der Waals surface area contributed by atoms with Crippen LogP contribution in [-0.2, 0) is 6.18 Å². The van der Waals surface area contributed by atoms with Gasteiger partial charge in [-0.05, 0) is 13.3 Å². The molecule has 0 aromatic carbocycles. The molecule has 3 rings (SSSR count). The van der Waals surface area contributed by atoms with Crippen LogP contribution in [0.3, 0.4) is 0 Å². The second kappa shape index (κ2) is 5.34. The van der Waals surface area contributed by atoms with Crippen molar-refractivity contribution in [3.8, 4) is 0 Å². The lowest BCUT2D eigenvalue weighted by Crippen LogP contribution is -2.28. The summed E-state index contributed by atoms with van der Waals surface area (Å²) in [6.07, 6.45) is -4.16. The first-order chi connectivity index (χ1) is 10.3. The Balaban J connectivity index is 1.70. The summed E-state index contributed by atoms with van der Waals surface area (Å²) in [5, 5.41) is 5.83. The van der Waals surface area contributed by atoms with Gasteiger partial charge in [-0.2, -0.15) is 18.2 Å². The van der Waals surface area contributed by atoms with Crippen molar-refractivity contribution in [3.63, 3.8) is 0 Å². The third kappa shape index (κ3) is 2.82. The van der Waals surface area contributed by atoms with Gasteiger partial charge in [0, 0.05) is 24.4 Å². The molecule has 3 heterocycles. The smallest absolute Gasteiger partial charge is 0.337 e. The van der Waals surface area contributed by atoms with Crippen LogP contribution in [0.25, 0.3) is 0 Å². The summed E-state index contributed by atoms with van der Waals surface area (Å²) in [4.78, 5) is 21.3.